The van der Waals surface area contributed by atoms with Crippen LogP contribution in [0.1, 0.15) is 25.7 Å². The number of ether oxygens (including phenoxy) is 1. The summed E-state index contributed by atoms with van der Waals surface area (Å²) < 4.78 is 32.9. The second kappa shape index (κ2) is 9.15. The number of sulfonamides is 1. The third-order valence-corrected chi connectivity index (χ3v) is 6.96. The zero-order valence-corrected chi connectivity index (χ0v) is 18.4. The third-order valence-electron chi connectivity index (χ3n) is 5.44. The standard InChI is InChI=1S/C22H28N4O4S/c1-30-21-11-10-19(31(28,29)25-17-4-5-17)14-20(21)23-15-22(27)24-16-6-8-18(9-7-16)26-12-2-3-13-26/h6-11,14,17,23,25H,2-5,12-13,15H2,1H3,(H,24,27). The van der Waals surface area contributed by atoms with Crippen molar-refractivity contribution in [3.05, 3.63) is 42.5 Å². The van der Waals surface area contributed by atoms with Gasteiger partial charge in [0.2, 0.25) is 15.9 Å². The maximum atomic E-state index is 12.5. The average molecular weight is 445 g/mol. The molecule has 1 aliphatic heterocycles. The van der Waals surface area contributed by atoms with E-state index in [0.717, 1.165) is 31.6 Å². The minimum Gasteiger partial charge on any atom is -0.495 e. The van der Waals surface area contributed by atoms with Gasteiger partial charge in [-0.15, -0.1) is 0 Å². The number of amides is 1. The zero-order chi connectivity index (χ0) is 21.8. The number of methoxy groups -OCH3 is 1. The minimum absolute atomic E-state index is 0.0196. The highest BCUT2D eigenvalue weighted by Crippen LogP contribution is 2.29. The van der Waals surface area contributed by atoms with Gasteiger partial charge in [0.25, 0.3) is 0 Å². The lowest BCUT2D eigenvalue weighted by atomic mass is 10.2. The quantitative estimate of drug-likeness (QED) is 0.550. The summed E-state index contributed by atoms with van der Waals surface area (Å²) in [6.07, 6.45) is 4.15. The first-order valence-electron chi connectivity index (χ1n) is 10.5. The second-order valence-corrected chi connectivity index (χ2v) is 9.61. The number of hydrogen-bond acceptors (Lipinski definition) is 6. The van der Waals surface area contributed by atoms with E-state index < -0.39 is 10.0 Å². The highest BCUT2D eigenvalue weighted by atomic mass is 32.2. The molecule has 8 nitrogen and oxygen atoms in total. The summed E-state index contributed by atoms with van der Waals surface area (Å²) in [5.41, 5.74) is 2.32. The maximum Gasteiger partial charge on any atom is 0.243 e. The highest BCUT2D eigenvalue weighted by Gasteiger charge is 2.28. The topological polar surface area (TPSA) is 99.8 Å². The van der Waals surface area contributed by atoms with Gasteiger partial charge in [-0.3, -0.25) is 4.79 Å². The van der Waals surface area contributed by atoms with Gasteiger partial charge in [-0.05, 0) is 68.1 Å². The van der Waals surface area contributed by atoms with E-state index in [2.05, 4.69) is 20.3 Å². The van der Waals surface area contributed by atoms with Crippen LogP contribution >= 0.6 is 0 Å². The number of nitrogens with zero attached hydrogens (tertiary/aromatic N) is 1. The van der Waals surface area contributed by atoms with Crippen LogP contribution in [0.4, 0.5) is 17.1 Å². The van der Waals surface area contributed by atoms with E-state index in [1.807, 2.05) is 24.3 Å². The predicted octanol–water partition coefficient (Wildman–Crippen LogP) is 2.79. The third kappa shape index (κ3) is 5.48. The van der Waals surface area contributed by atoms with E-state index in [-0.39, 0.29) is 23.4 Å². The van der Waals surface area contributed by atoms with Crippen molar-refractivity contribution in [1.82, 2.24) is 4.72 Å². The molecule has 1 saturated carbocycles. The normalized spacial score (nSPS) is 16.2. The van der Waals surface area contributed by atoms with Crippen molar-refractivity contribution in [3.63, 3.8) is 0 Å². The summed E-state index contributed by atoms with van der Waals surface area (Å²) in [6, 6.07) is 12.4. The predicted molar refractivity (Wildman–Crippen MR) is 121 cm³/mol. The maximum absolute atomic E-state index is 12.5. The van der Waals surface area contributed by atoms with Gasteiger partial charge in [-0.1, -0.05) is 0 Å². The van der Waals surface area contributed by atoms with Crippen LogP contribution in [0.15, 0.2) is 47.4 Å². The van der Waals surface area contributed by atoms with E-state index in [4.69, 9.17) is 4.74 Å². The first-order chi connectivity index (χ1) is 14.9. The molecule has 4 rings (SSSR count). The summed E-state index contributed by atoms with van der Waals surface area (Å²) in [7, 11) is -2.09. The van der Waals surface area contributed by atoms with Gasteiger partial charge in [0.05, 0.1) is 24.2 Å². The lowest BCUT2D eigenvalue weighted by molar-refractivity contribution is -0.114. The van der Waals surface area contributed by atoms with Crippen LogP contribution in [0.3, 0.4) is 0 Å². The summed E-state index contributed by atoms with van der Waals surface area (Å²) in [6.45, 7) is 2.12. The van der Waals surface area contributed by atoms with Gasteiger partial charge in [0, 0.05) is 30.5 Å². The van der Waals surface area contributed by atoms with Gasteiger partial charge in [-0.25, -0.2) is 13.1 Å². The molecule has 2 aromatic carbocycles. The Bertz CT molecular complexity index is 1030. The zero-order valence-electron chi connectivity index (χ0n) is 17.6. The van der Waals surface area contributed by atoms with Crippen molar-refractivity contribution in [2.24, 2.45) is 0 Å². The summed E-state index contributed by atoms with van der Waals surface area (Å²) in [4.78, 5) is 14.9. The van der Waals surface area contributed by atoms with Crippen LogP contribution in [0.5, 0.6) is 5.75 Å². The van der Waals surface area contributed by atoms with Crippen LogP contribution in [-0.2, 0) is 14.8 Å². The monoisotopic (exact) mass is 444 g/mol. The molecule has 1 aliphatic carbocycles. The molecule has 166 valence electrons. The van der Waals surface area contributed by atoms with Gasteiger partial charge in [-0.2, -0.15) is 0 Å². The van der Waals surface area contributed by atoms with Crippen molar-refractivity contribution in [2.75, 3.05) is 42.3 Å². The van der Waals surface area contributed by atoms with Crippen LogP contribution in [-0.4, -0.2) is 47.1 Å². The fraction of sp³-hybridized carbons (Fsp3) is 0.409. The first kappa shape index (κ1) is 21.5. The number of nitrogens with one attached hydrogen (secondary N) is 3. The smallest absolute Gasteiger partial charge is 0.243 e. The van der Waals surface area contributed by atoms with Crippen LogP contribution in [0, 0.1) is 0 Å². The molecule has 0 atom stereocenters. The molecule has 2 aromatic rings. The highest BCUT2D eigenvalue weighted by molar-refractivity contribution is 7.89. The summed E-state index contributed by atoms with van der Waals surface area (Å²) in [5, 5.41) is 5.84. The number of benzene rings is 2. The molecule has 3 N–H and O–H groups in total. The molecule has 0 spiro atoms. The fourth-order valence-electron chi connectivity index (χ4n) is 3.59. The Labute approximate surface area is 183 Å². The van der Waals surface area contributed by atoms with Crippen molar-refractivity contribution >= 4 is 33.0 Å². The molecule has 0 radical (unpaired) electrons. The molecule has 0 unspecified atom stereocenters. The molecule has 31 heavy (non-hydrogen) atoms. The van der Waals surface area contributed by atoms with E-state index >= 15 is 0 Å². The van der Waals surface area contributed by atoms with Crippen molar-refractivity contribution < 1.29 is 17.9 Å². The van der Waals surface area contributed by atoms with Gasteiger partial charge >= 0.3 is 0 Å². The molecule has 0 aromatic heterocycles. The van der Waals surface area contributed by atoms with Crippen LogP contribution in [0.25, 0.3) is 0 Å². The molecule has 0 bridgehead atoms. The Morgan fingerprint density at radius 2 is 1.81 bits per heavy atom. The lowest BCUT2D eigenvalue weighted by Gasteiger charge is -2.18. The number of hydrogen-bond donors (Lipinski definition) is 3. The Morgan fingerprint density at radius 1 is 1.10 bits per heavy atom. The number of carbonyl (C=O) groups excluding carboxylic acids is 1. The fourth-order valence-corrected chi connectivity index (χ4v) is 4.92. The minimum atomic E-state index is -3.59. The molecule has 1 heterocycles. The first-order valence-corrected chi connectivity index (χ1v) is 12.0. The molecule has 1 saturated heterocycles. The van der Waals surface area contributed by atoms with Crippen molar-refractivity contribution in [3.8, 4) is 5.75 Å². The molecule has 2 aliphatic rings. The molecule has 9 heteroatoms. The number of carbonyl (C=O) groups is 1. The van der Waals surface area contributed by atoms with E-state index in [9.17, 15) is 13.2 Å². The number of rotatable bonds is 9. The summed E-state index contributed by atoms with van der Waals surface area (Å²) in [5.74, 6) is 0.230. The van der Waals surface area contributed by atoms with Crippen molar-refractivity contribution in [1.29, 1.82) is 0 Å². The van der Waals surface area contributed by atoms with Gasteiger partial charge < -0.3 is 20.3 Å². The van der Waals surface area contributed by atoms with Gasteiger partial charge in [0.15, 0.2) is 0 Å². The lowest BCUT2D eigenvalue weighted by Crippen LogP contribution is -2.26. The Balaban J connectivity index is 1.37. The molecule has 1 amide bonds. The summed E-state index contributed by atoms with van der Waals surface area (Å²) >= 11 is 0. The van der Waals surface area contributed by atoms with E-state index in [0.29, 0.717) is 17.1 Å². The molecule has 2 fully saturated rings. The van der Waals surface area contributed by atoms with Crippen LogP contribution < -0.4 is 25.0 Å². The molecular formula is C22H28N4O4S. The van der Waals surface area contributed by atoms with Crippen molar-refractivity contribution in [2.45, 2.75) is 36.6 Å². The van der Waals surface area contributed by atoms with E-state index in [1.165, 1.54) is 32.1 Å². The Hall–Kier alpha value is -2.78. The van der Waals surface area contributed by atoms with Crippen LogP contribution in [0.2, 0.25) is 0 Å². The largest absolute Gasteiger partial charge is 0.495 e. The average Bonchev–Trinajstić information content (AvgIpc) is 3.39. The van der Waals surface area contributed by atoms with E-state index in [1.54, 1.807) is 6.07 Å². The SMILES string of the molecule is COc1ccc(S(=O)(=O)NC2CC2)cc1NCC(=O)Nc1ccc(N2CCCC2)cc1. The number of anilines is 3. The Kier molecular flexibility index (Phi) is 6.33. The van der Waals surface area contributed by atoms with Gasteiger partial charge in [0.1, 0.15) is 5.75 Å². The second-order valence-electron chi connectivity index (χ2n) is 7.90. The molecular weight excluding hydrogens is 416 g/mol. The Morgan fingerprint density at radius 3 is 2.45 bits per heavy atom.